The van der Waals surface area contributed by atoms with E-state index in [2.05, 4.69) is 22.9 Å². The highest BCUT2D eigenvalue weighted by Gasteiger charge is 2.31. The minimum Gasteiger partial charge on any atom is -0.347 e. The monoisotopic (exact) mass is 246 g/mol. The largest absolute Gasteiger partial charge is 0.347 e. The molecule has 7 heteroatoms. The summed E-state index contributed by atoms with van der Waals surface area (Å²) < 4.78 is 38.9. The van der Waals surface area contributed by atoms with Gasteiger partial charge in [0, 0.05) is 11.6 Å². The number of carbonyl (C=O) groups excluding carboxylic acids is 1. The van der Waals surface area contributed by atoms with Crippen LogP contribution in [0.4, 0.5) is 13.2 Å². The molecule has 0 spiro atoms. The maximum atomic E-state index is 13.3. The first-order valence-corrected chi connectivity index (χ1v) is 4.65. The molecule has 2 N–H and O–H groups in total. The fourth-order valence-corrected chi connectivity index (χ4v) is 1.61. The van der Waals surface area contributed by atoms with Crippen LogP contribution in [0, 0.1) is 17.5 Å². The second-order valence-corrected chi connectivity index (χ2v) is 3.59. The van der Waals surface area contributed by atoms with Crippen molar-refractivity contribution >= 4 is 23.2 Å². The summed E-state index contributed by atoms with van der Waals surface area (Å²) in [7, 11) is 0. The molecule has 1 saturated heterocycles. The lowest BCUT2D eigenvalue weighted by molar-refractivity contribution is -0.120. The van der Waals surface area contributed by atoms with Gasteiger partial charge in [-0.15, -0.1) is 0 Å². The number of nitrogens with one attached hydrogen (secondary N) is 2. The molecule has 0 aliphatic carbocycles. The van der Waals surface area contributed by atoms with Crippen molar-refractivity contribution in [3.63, 3.8) is 0 Å². The summed E-state index contributed by atoms with van der Waals surface area (Å²) in [5, 5.41) is 4.70. The summed E-state index contributed by atoms with van der Waals surface area (Å²) in [5.41, 5.74) is -0.281. The van der Waals surface area contributed by atoms with Crippen molar-refractivity contribution in [3.8, 4) is 0 Å². The Bertz CT molecular complexity index is 492. The van der Waals surface area contributed by atoms with E-state index < -0.39 is 29.4 Å². The topological polar surface area (TPSA) is 41.1 Å². The van der Waals surface area contributed by atoms with Crippen LogP contribution in [0.2, 0.25) is 0 Å². The lowest BCUT2D eigenvalue weighted by Crippen LogP contribution is -2.22. The Morgan fingerprint density at radius 3 is 2.31 bits per heavy atom. The van der Waals surface area contributed by atoms with E-state index in [4.69, 9.17) is 0 Å². The normalized spacial score (nSPS) is 19.6. The number of amides is 1. The van der Waals surface area contributed by atoms with Gasteiger partial charge in [-0.05, 0) is 18.3 Å². The molecular weight excluding hydrogens is 241 g/mol. The van der Waals surface area contributed by atoms with Crippen LogP contribution in [-0.4, -0.2) is 11.0 Å². The third kappa shape index (κ3) is 1.73. The standard InChI is InChI=1S/C9H5F3N2OS/c10-4-2-6(12)5(11)1-3(4)7-8(15)14-9(16)13-7/h1-2,7H,(H2,13,14,15,16). The molecule has 0 aromatic heterocycles. The first-order valence-electron chi connectivity index (χ1n) is 4.25. The Hall–Kier alpha value is -1.63. The highest BCUT2D eigenvalue weighted by atomic mass is 32.1. The summed E-state index contributed by atoms with van der Waals surface area (Å²) in [6, 6.07) is -0.0979. The number of rotatable bonds is 1. The molecule has 0 saturated carbocycles. The molecule has 0 bridgehead atoms. The Morgan fingerprint density at radius 1 is 1.12 bits per heavy atom. The molecule has 1 atom stereocenters. The number of hydrogen-bond acceptors (Lipinski definition) is 2. The zero-order chi connectivity index (χ0) is 11.9. The van der Waals surface area contributed by atoms with Crippen LogP contribution in [-0.2, 0) is 4.79 Å². The van der Waals surface area contributed by atoms with Crippen molar-refractivity contribution in [2.24, 2.45) is 0 Å². The van der Waals surface area contributed by atoms with E-state index in [9.17, 15) is 18.0 Å². The van der Waals surface area contributed by atoms with Crippen LogP contribution < -0.4 is 10.6 Å². The number of benzene rings is 1. The van der Waals surface area contributed by atoms with Crippen LogP contribution in [0.15, 0.2) is 12.1 Å². The molecule has 1 fully saturated rings. The van der Waals surface area contributed by atoms with Crippen molar-refractivity contribution in [2.45, 2.75) is 6.04 Å². The van der Waals surface area contributed by atoms with E-state index in [0.29, 0.717) is 12.1 Å². The van der Waals surface area contributed by atoms with Gasteiger partial charge in [0.15, 0.2) is 16.7 Å². The van der Waals surface area contributed by atoms with Crippen LogP contribution in [0.5, 0.6) is 0 Å². The fourth-order valence-electron chi connectivity index (χ4n) is 1.39. The zero-order valence-electron chi connectivity index (χ0n) is 7.68. The maximum Gasteiger partial charge on any atom is 0.253 e. The molecule has 3 nitrogen and oxygen atoms in total. The summed E-state index contributed by atoms with van der Waals surface area (Å²) >= 11 is 4.64. The minimum atomic E-state index is -1.30. The van der Waals surface area contributed by atoms with E-state index in [1.165, 1.54) is 0 Å². The second-order valence-electron chi connectivity index (χ2n) is 3.18. The number of hydrogen-bond donors (Lipinski definition) is 2. The Labute approximate surface area is 93.6 Å². The van der Waals surface area contributed by atoms with E-state index in [1.54, 1.807) is 0 Å². The third-order valence-electron chi connectivity index (χ3n) is 2.12. The SMILES string of the molecule is O=C1NC(=S)NC1c1cc(F)c(F)cc1F. The molecule has 1 amide bonds. The molecule has 0 radical (unpaired) electrons. The molecule has 84 valence electrons. The van der Waals surface area contributed by atoms with Gasteiger partial charge in [0.25, 0.3) is 5.91 Å². The van der Waals surface area contributed by atoms with E-state index >= 15 is 0 Å². The number of halogens is 3. The van der Waals surface area contributed by atoms with E-state index in [0.717, 1.165) is 0 Å². The van der Waals surface area contributed by atoms with Gasteiger partial charge in [-0.1, -0.05) is 0 Å². The van der Waals surface area contributed by atoms with Gasteiger partial charge in [-0.3, -0.25) is 4.79 Å². The van der Waals surface area contributed by atoms with Gasteiger partial charge in [0.05, 0.1) is 0 Å². The lowest BCUT2D eigenvalue weighted by Gasteiger charge is -2.09. The zero-order valence-corrected chi connectivity index (χ0v) is 8.50. The predicted molar refractivity (Wildman–Crippen MR) is 52.9 cm³/mol. The molecule has 16 heavy (non-hydrogen) atoms. The van der Waals surface area contributed by atoms with Crippen LogP contribution in [0.1, 0.15) is 11.6 Å². The quantitative estimate of drug-likeness (QED) is 0.577. The number of thiocarbonyl (C=S) groups is 1. The van der Waals surface area contributed by atoms with Gasteiger partial charge >= 0.3 is 0 Å². The van der Waals surface area contributed by atoms with Crippen molar-refractivity contribution in [1.29, 1.82) is 0 Å². The van der Waals surface area contributed by atoms with Gasteiger partial charge in [0.1, 0.15) is 11.9 Å². The van der Waals surface area contributed by atoms with Crippen LogP contribution in [0.3, 0.4) is 0 Å². The average molecular weight is 246 g/mol. The number of carbonyl (C=O) groups is 1. The highest BCUT2D eigenvalue weighted by Crippen LogP contribution is 2.22. The molecule has 2 rings (SSSR count). The molecule has 1 heterocycles. The molecule has 1 aliphatic heterocycles. The Kier molecular flexibility index (Phi) is 2.55. The minimum absolute atomic E-state index is 0.0270. The van der Waals surface area contributed by atoms with Crippen LogP contribution in [0.25, 0.3) is 0 Å². The van der Waals surface area contributed by atoms with Gasteiger partial charge in [-0.2, -0.15) is 0 Å². The van der Waals surface area contributed by atoms with Gasteiger partial charge in [0.2, 0.25) is 0 Å². The average Bonchev–Trinajstić information content (AvgIpc) is 2.51. The van der Waals surface area contributed by atoms with Crippen molar-refractivity contribution in [3.05, 3.63) is 35.1 Å². The molecule has 1 aromatic carbocycles. The molecular formula is C9H5F3N2OS. The van der Waals surface area contributed by atoms with Crippen molar-refractivity contribution < 1.29 is 18.0 Å². The lowest BCUT2D eigenvalue weighted by atomic mass is 10.1. The Balaban J connectivity index is 2.45. The molecule has 1 unspecified atom stereocenters. The van der Waals surface area contributed by atoms with Crippen LogP contribution >= 0.6 is 12.2 Å². The maximum absolute atomic E-state index is 13.3. The highest BCUT2D eigenvalue weighted by molar-refractivity contribution is 7.80. The van der Waals surface area contributed by atoms with E-state index in [1.807, 2.05) is 0 Å². The van der Waals surface area contributed by atoms with Crippen molar-refractivity contribution in [1.82, 2.24) is 10.6 Å². The summed E-state index contributed by atoms with van der Waals surface area (Å²) in [6.45, 7) is 0. The summed E-state index contributed by atoms with van der Waals surface area (Å²) in [6.07, 6.45) is 0. The molecule has 1 aromatic rings. The smallest absolute Gasteiger partial charge is 0.253 e. The van der Waals surface area contributed by atoms with Gasteiger partial charge < -0.3 is 10.6 Å². The predicted octanol–water partition coefficient (Wildman–Crippen LogP) is 1.15. The first-order chi connectivity index (χ1) is 7.49. The fraction of sp³-hybridized carbons (Fsp3) is 0.111. The van der Waals surface area contributed by atoms with Crippen molar-refractivity contribution in [2.75, 3.05) is 0 Å². The summed E-state index contributed by atoms with van der Waals surface area (Å²) in [5.74, 6) is -4.13. The first kappa shape index (κ1) is 10.9. The second kappa shape index (κ2) is 3.75. The Morgan fingerprint density at radius 2 is 1.75 bits per heavy atom. The van der Waals surface area contributed by atoms with E-state index in [-0.39, 0.29) is 10.7 Å². The summed E-state index contributed by atoms with van der Waals surface area (Å²) in [4.78, 5) is 11.3. The van der Waals surface area contributed by atoms with Gasteiger partial charge in [-0.25, -0.2) is 13.2 Å². The third-order valence-corrected chi connectivity index (χ3v) is 2.34. The molecule has 1 aliphatic rings.